The Morgan fingerprint density at radius 1 is 1.18 bits per heavy atom. The lowest BCUT2D eigenvalue weighted by Gasteiger charge is -2.31. The number of aromatic nitrogens is 4. The number of nitrogens with one attached hydrogen (secondary N) is 4. The van der Waals surface area contributed by atoms with Crippen molar-refractivity contribution in [2.45, 2.75) is 43.6 Å². The van der Waals surface area contributed by atoms with Crippen molar-refractivity contribution >= 4 is 40.4 Å². The maximum absolute atomic E-state index is 12.8. The maximum atomic E-state index is 12.8. The molecule has 3 aromatic rings. The van der Waals surface area contributed by atoms with Gasteiger partial charge in [-0.15, -0.1) is 32.9 Å². The molecule has 5 rings (SSSR count). The van der Waals surface area contributed by atoms with Crippen molar-refractivity contribution in [2.75, 3.05) is 33.7 Å². The van der Waals surface area contributed by atoms with Crippen LogP contribution in [0.2, 0.25) is 0 Å². The summed E-state index contributed by atoms with van der Waals surface area (Å²) < 4.78 is 0. The van der Waals surface area contributed by atoms with Gasteiger partial charge in [-0.05, 0) is 61.9 Å². The molecule has 4 N–H and O–H groups in total. The number of aromatic amines is 1. The SMILES string of the molecule is CNC(=O)c1cc2c(s1)CCc1cc(C(=O)NC)sc1C2(CCNCC(=O)N1CCCC1C#N)c1nn[nH]n1. The van der Waals surface area contributed by atoms with Crippen LogP contribution in [-0.4, -0.2) is 83.0 Å². The monoisotopic (exact) mass is 567 g/mol. The number of amides is 3. The second-order valence-corrected chi connectivity index (χ2v) is 11.7. The molecule has 1 saturated heterocycles. The molecule has 4 heterocycles. The molecule has 3 aromatic heterocycles. The summed E-state index contributed by atoms with van der Waals surface area (Å²) in [5, 5.41) is 33.3. The molecule has 14 heteroatoms. The third-order valence-corrected chi connectivity index (χ3v) is 9.92. The number of hydrogen-bond acceptors (Lipinski definition) is 10. The number of fused-ring (bicyclic) bond motifs is 2. The highest BCUT2D eigenvalue weighted by Gasteiger charge is 2.47. The van der Waals surface area contributed by atoms with Crippen LogP contribution in [0.3, 0.4) is 0 Å². The van der Waals surface area contributed by atoms with Crippen LogP contribution in [0, 0.1) is 11.3 Å². The highest BCUT2D eigenvalue weighted by molar-refractivity contribution is 7.15. The third kappa shape index (κ3) is 4.81. The van der Waals surface area contributed by atoms with Crippen LogP contribution >= 0.6 is 22.7 Å². The fourth-order valence-electron chi connectivity index (χ4n) is 5.49. The number of nitriles is 1. The van der Waals surface area contributed by atoms with E-state index in [1.54, 1.807) is 19.0 Å². The molecule has 204 valence electrons. The molecule has 0 saturated carbocycles. The van der Waals surface area contributed by atoms with Gasteiger partial charge in [0.15, 0.2) is 5.82 Å². The molecule has 0 radical (unpaired) electrons. The minimum absolute atomic E-state index is 0.0985. The van der Waals surface area contributed by atoms with Gasteiger partial charge in [0.1, 0.15) is 6.04 Å². The maximum Gasteiger partial charge on any atom is 0.261 e. The Bertz CT molecular complexity index is 1360. The predicted molar refractivity (Wildman–Crippen MR) is 145 cm³/mol. The molecule has 2 atom stereocenters. The van der Waals surface area contributed by atoms with Gasteiger partial charge in [0.25, 0.3) is 11.8 Å². The minimum atomic E-state index is -0.896. The number of hydrogen-bond donors (Lipinski definition) is 4. The molecule has 2 unspecified atom stereocenters. The Morgan fingerprint density at radius 2 is 1.95 bits per heavy atom. The van der Waals surface area contributed by atoms with Crippen LogP contribution in [-0.2, 0) is 23.1 Å². The summed E-state index contributed by atoms with van der Waals surface area (Å²) in [5.41, 5.74) is 1.04. The quantitative estimate of drug-likeness (QED) is 0.292. The second-order valence-electron chi connectivity index (χ2n) is 9.51. The number of aryl methyl sites for hydroxylation is 2. The van der Waals surface area contributed by atoms with Crippen LogP contribution < -0.4 is 16.0 Å². The number of carbonyl (C=O) groups excluding carboxylic acids is 3. The van der Waals surface area contributed by atoms with E-state index in [0.29, 0.717) is 54.4 Å². The topological polar surface area (TPSA) is 169 Å². The van der Waals surface area contributed by atoms with E-state index in [-0.39, 0.29) is 30.3 Å². The molecular weight excluding hydrogens is 538 g/mol. The van der Waals surface area contributed by atoms with E-state index in [0.717, 1.165) is 27.3 Å². The van der Waals surface area contributed by atoms with Crippen molar-refractivity contribution in [2.24, 2.45) is 0 Å². The van der Waals surface area contributed by atoms with Gasteiger partial charge in [-0.1, -0.05) is 5.21 Å². The Balaban J connectivity index is 1.53. The normalized spacial score (nSPS) is 20.0. The third-order valence-electron chi connectivity index (χ3n) is 7.39. The molecular formula is C25H29N9O3S2. The molecule has 0 aromatic carbocycles. The minimum Gasteiger partial charge on any atom is -0.354 e. The predicted octanol–water partition coefficient (Wildman–Crippen LogP) is 0.969. The molecule has 12 nitrogen and oxygen atoms in total. The van der Waals surface area contributed by atoms with E-state index in [9.17, 15) is 19.6 Å². The van der Waals surface area contributed by atoms with Crippen LogP contribution in [0.4, 0.5) is 0 Å². The van der Waals surface area contributed by atoms with Gasteiger partial charge >= 0.3 is 0 Å². The fraction of sp³-hybridized carbons (Fsp3) is 0.480. The first-order chi connectivity index (χ1) is 18.9. The van der Waals surface area contributed by atoms with E-state index in [1.807, 2.05) is 12.1 Å². The lowest BCUT2D eigenvalue weighted by atomic mass is 9.75. The summed E-state index contributed by atoms with van der Waals surface area (Å²) in [4.78, 5) is 42.9. The number of rotatable bonds is 8. The van der Waals surface area contributed by atoms with E-state index in [1.165, 1.54) is 22.7 Å². The standard InChI is InChI=1S/C25H29N9O3S2/c1-27-22(36)18-10-14-5-6-17-16(11-19(38-17)23(37)28-2)25(21(14)39-18,24-30-32-33-31-24)7-8-29-13-20(35)34-9-3-4-15(34)12-26/h10-11,15,29H,3-9,13H2,1-2H3,(H,27,36)(H,28,37)(H,30,31,32,33). The summed E-state index contributed by atoms with van der Waals surface area (Å²) in [6.45, 7) is 1.11. The molecule has 0 spiro atoms. The molecule has 1 aliphatic carbocycles. The van der Waals surface area contributed by atoms with E-state index < -0.39 is 5.41 Å². The van der Waals surface area contributed by atoms with Crippen LogP contribution in [0.1, 0.15) is 65.3 Å². The highest BCUT2D eigenvalue weighted by Crippen LogP contribution is 2.50. The molecule has 2 aliphatic rings. The molecule has 1 fully saturated rings. The zero-order chi connectivity index (χ0) is 27.6. The first kappa shape index (κ1) is 26.9. The van der Waals surface area contributed by atoms with Gasteiger partial charge < -0.3 is 20.9 Å². The summed E-state index contributed by atoms with van der Waals surface area (Å²) in [6, 6.07) is 5.66. The second kappa shape index (κ2) is 11.2. The lowest BCUT2D eigenvalue weighted by Crippen LogP contribution is -2.42. The van der Waals surface area contributed by atoms with Gasteiger partial charge in [0.05, 0.1) is 27.8 Å². The van der Waals surface area contributed by atoms with Crippen molar-refractivity contribution in [3.8, 4) is 6.07 Å². The van der Waals surface area contributed by atoms with E-state index in [2.05, 4.69) is 42.6 Å². The van der Waals surface area contributed by atoms with E-state index >= 15 is 0 Å². The fourth-order valence-corrected chi connectivity index (χ4v) is 8.06. The average molecular weight is 568 g/mol. The summed E-state index contributed by atoms with van der Waals surface area (Å²) in [7, 11) is 3.20. The zero-order valence-corrected chi connectivity index (χ0v) is 23.3. The van der Waals surface area contributed by atoms with Gasteiger partial charge in [0.2, 0.25) is 5.91 Å². The largest absolute Gasteiger partial charge is 0.354 e. The Morgan fingerprint density at radius 3 is 2.64 bits per heavy atom. The summed E-state index contributed by atoms with van der Waals surface area (Å²) in [5.74, 6) is -0.0111. The molecule has 39 heavy (non-hydrogen) atoms. The van der Waals surface area contributed by atoms with Crippen LogP contribution in [0.15, 0.2) is 12.1 Å². The van der Waals surface area contributed by atoms with Gasteiger partial charge in [-0.25, -0.2) is 0 Å². The molecule has 1 aliphatic heterocycles. The van der Waals surface area contributed by atoms with Crippen molar-refractivity contribution in [1.29, 1.82) is 5.26 Å². The number of H-pyrrole nitrogens is 1. The molecule has 0 bridgehead atoms. The van der Waals surface area contributed by atoms with Gasteiger partial charge in [-0.3, -0.25) is 14.4 Å². The van der Waals surface area contributed by atoms with E-state index in [4.69, 9.17) is 0 Å². The van der Waals surface area contributed by atoms with Crippen LogP contribution in [0.5, 0.6) is 0 Å². The Hall–Kier alpha value is -3.67. The van der Waals surface area contributed by atoms with Crippen molar-refractivity contribution < 1.29 is 14.4 Å². The van der Waals surface area contributed by atoms with Gasteiger partial charge in [0, 0.05) is 30.4 Å². The summed E-state index contributed by atoms with van der Waals surface area (Å²) in [6.07, 6.45) is 3.38. The Labute approximate surface area is 233 Å². The number of likely N-dealkylation sites (tertiary alicyclic amines) is 1. The lowest BCUT2D eigenvalue weighted by molar-refractivity contribution is -0.130. The van der Waals surface area contributed by atoms with Crippen LogP contribution in [0.25, 0.3) is 0 Å². The number of nitrogens with zero attached hydrogens (tertiary/aromatic N) is 5. The first-order valence-corrected chi connectivity index (χ1v) is 14.4. The number of carbonyl (C=O) groups is 3. The van der Waals surface area contributed by atoms with Crippen molar-refractivity contribution in [3.05, 3.63) is 48.6 Å². The highest BCUT2D eigenvalue weighted by atomic mass is 32.1. The number of thiophene rings is 2. The zero-order valence-electron chi connectivity index (χ0n) is 21.7. The Kier molecular flexibility index (Phi) is 7.74. The number of tetrazole rings is 1. The molecule has 3 amide bonds. The smallest absolute Gasteiger partial charge is 0.261 e. The summed E-state index contributed by atoms with van der Waals surface area (Å²) >= 11 is 2.84. The average Bonchev–Trinajstić information content (AvgIpc) is 3.77. The van der Waals surface area contributed by atoms with Crippen molar-refractivity contribution in [1.82, 2.24) is 41.5 Å². The first-order valence-electron chi connectivity index (χ1n) is 12.8. The van der Waals surface area contributed by atoms with Crippen molar-refractivity contribution in [3.63, 3.8) is 0 Å². The van der Waals surface area contributed by atoms with Gasteiger partial charge in [-0.2, -0.15) is 10.5 Å².